The van der Waals surface area contributed by atoms with Crippen LogP contribution < -0.4 is 15.4 Å². The van der Waals surface area contributed by atoms with Gasteiger partial charge in [0.15, 0.2) is 5.11 Å². The number of anilines is 3. The summed E-state index contributed by atoms with van der Waals surface area (Å²) in [6, 6.07) is 25.2. The molecule has 0 aliphatic heterocycles. The molecule has 1 aromatic heterocycles. The summed E-state index contributed by atoms with van der Waals surface area (Å²) < 4.78 is 33.1. The highest BCUT2D eigenvalue weighted by Gasteiger charge is 2.19. The van der Waals surface area contributed by atoms with Gasteiger partial charge in [0, 0.05) is 22.7 Å². The Balaban J connectivity index is 1.43. The third-order valence-electron chi connectivity index (χ3n) is 5.45. The highest BCUT2D eigenvalue weighted by atomic mass is 32.2. The van der Waals surface area contributed by atoms with Crippen LogP contribution in [0.5, 0.6) is 0 Å². The van der Waals surface area contributed by atoms with E-state index in [0.717, 1.165) is 16.0 Å². The molecule has 7 nitrogen and oxygen atoms in total. The van der Waals surface area contributed by atoms with Crippen LogP contribution in [0.25, 0.3) is 0 Å². The average Bonchev–Trinajstić information content (AvgIpc) is 3.28. The van der Waals surface area contributed by atoms with E-state index in [9.17, 15) is 13.2 Å². The molecule has 0 spiro atoms. The number of rotatable bonds is 9. The van der Waals surface area contributed by atoms with Gasteiger partial charge in [-0.15, -0.1) is 11.3 Å². The van der Waals surface area contributed by atoms with E-state index >= 15 is 0 Å². The molecule has 3 aromatic carbocycles. The lowest BCUT2D eigenvalue weighted by Gasteiger charge is -2.12. The standard InChI is InChI=1S/C28H27N3O4S3/c1-3-35-27(32)25-18-23(17-20-7-5-4-6-8-20)37-26(25)30-28(36)29-21-11-13-22(14-12-21)31-38(33,34)24-15-9-19(2)10-16-24/h4-16,18,31H,3,17H2,1-2H3,(H2,29,30,36). The monoisotopic (exact) mass is 565 g/mol. The number of hydrogen-bond acceptors (Lipinski definition) is 6. The lowest BCUT2D eigenvalue weighted by atomic mass is 10.1. The molecule has 4 rings (SSSR count). The zero-order valence-electron chi connectivity index (χ0n) is 20.9. The largest absolute Gasteiger partial charge is 0.462 e. The van der Waals surface area contributed by atoms with Gasteiger partial charge in [-0.25, -0.2) is 13.2 Å². The summed E-state index contributed by atoms with van der Waals surface area (Å²) in [6.07, 6.45) is 0.680. The molecule has 0 atom stereocenters. The number of benzene rings is 3. The van der Waals surface area contributed by atoms with Crippen LogP contribution in [0.15, 0.2) is 89.8 Å². The van der Waals surface area contributed by atoms with Crippen molar-refractivity contribution in [2.45, 2.75) is 25.2 Å². The number of nitrogens with one attached hydrogen (secondary N) is 3. The van der Waals surface area contributed by atoms with Gasteiger partial charge in [0.05, 0.1) is 17.1 Å². The Morgan fingerprint density at radius 2 is 1.58 bits per heavy atom. The molecule has 4 aromatic rings. The third-order valence-corrected chi connectivity index (χ3v) is 8.10. The van der Waals surface area contributed by atoms with Crippen LogP contribution in [-0.2, 0) is 21.2 Å². The Kier molecular flexibility index (Phi) is 8.77. The normalized spacial score (nSPS) is 11.0. The van der Waals surface area contributed by atoms with Gasteiger partial charge in [-0.2, -0.15) is 0 Å². The molecule has 10 heteroatoms. The van der Waals surface area contributed by atoms with Crippen LogP contribution in [0.4, 0.5) is 16.4 Å². The van der Waals surface area contributed by atoms with E-state index in [1.54, 1.807) is 55.5 Å². The van der Waals surface area contributed by atoms with Crippen LogP contribution in [0, 0.1) is 6.92 Å². The van der Waals surface area contributed by atoms with Crippen molar-refractivity contribution in [3.63, 3.8) is 0 Å². The van der Waals surface area contributed by atoms with Gasteiger partial charge in [-0.1, -0.05) is 48.0 Å². The highest BCUT2D eigenvalue weighted by molar-refractivity contribution is 7.92. The predicted octanol–water partition coefficient (Wildman–Crippen LogP) is 6.43. The lowest BCUT2D eigenvalue weighted by Crippen LogP contribution is -2.20. The van der Waals surface area contributed by atoms with Crippen molar-refractivity contribution >= 4 is 61.0 Å². The molecule has 0 saturated heterocycles. The second-order valence-electron chi connectivity index (χ2n) is 8.41. The van der Waals surface area contributed by atoms with Crippen LogP contribution >= 0.6 is 23.6 Å². The second kappa shape index (κ2) is 12.2. The van der Waals surface area contributed by atoms with Crippen molar-refractivity contribution in [1.82, 2.24) is 0 Å². The van der Waals surface area contributed by atoms with E-state index in [0.29, 0.717) is 28.4 Å². The number of ether oxygens (including phenoxy) is 1. The first-order valence-corrected chi connectivity index (χ1v) is 14.6. The Hall–Kier alpha value is -3.73. The summed E-state index contributed by atoms with van der Waals surface area (Å²) in [5, 5.41) is 7.06. The van der Waals surface area contributed by atoms with Crippen LogP contribution in [0.3, 0.4) is 0 Å². The molecule has 0 aliphatic rings. The van der Waals surface area contributed by atoms with E-state index in [4.69, 9.17) is 17.0 Å². The quantitative estimate of drug-likeness (QED) is 0.159. The van der Waals surface area contributed by atoms with Crippen molar-refractivity contribution in [2.75, 3.05) is 22.0 Å². The first-order valence-electron chi connectivity index (χ1n) is 11.8. The molecule has 0 amide bonds. The van der Waals surface area contributed by atoms with Crippen molar-refractivity contribution in [3.8, 4) is 0 Å². The van der Waals surface area contributed by atoms with E-state index < -0.39 is 16.0 Å². The second-order valence-corrected chi connectivity index (χ2v) is 11.6. The van der Waals surface area contributed by atoms with E-state index in [1.165, 1.54) is 11.3 Å². The maximum Gasteiger partial charge on any atom is 0.341 e. The Morgan fingerprint density at radius 3 is 2.24 bits per heavy atom. The zero-order valence-corrected chi connectivity index (χ0v) is 23.3. The molecule has 0 saturated carbocycles. The molecule has 1 heterocycles. The molecule has 0 fully saturated rings. The Morgan fingerprint density at radius 1 is 0.921 bits per heavy atom. The van der Waals surface area contributed by atoms with Gasteiger partial charge in [-0.05, 0) is 74.1 Å². The maximum atomic E-state index is 12.6. The number of sulfonamides is 1. The van der Waals surface area contributed by atoms with Crippen molar-refractivity contribution < 1.29 is 17.9 Å². The summed E-state index contributed by atoms with van der Waals surface area (Å²) in [7, 11) is -3.70. The van der Waals surface area contributed by atoms with Crippen LogP contribution in [-0.4, -0.2) is 26.1 Å². The molecule has 0 radical (unpaired) electrons. The Labute approximate surface area is 231 Å². The number of carbonyl (C=O) groups excluding carboxylic acids is 1. The van der Waals surface area contributed by atoms with Gasteiger partial charge in [0.1, 0.15) is 5.00 Å². The topological polar surface area (TPSA) is 96.5 Å². The van der Waals surface area contributed by atoms with E-state index in [1.807, 2.05) is 43.3 Å². The molecule has 0 aliphatic carbocycles. The number of thiocarbonyl (C=S) groups is 1. The number of hydrogen-bond donors (Lipinski definition) is 3. The summed E-state index contributed by atoms with van der Waals surface area (Å²) in [5.41, 5.74) is 3.61. The Bertz CT molecular complexity index is 1520. The summed E-state index contributed by atoms with van der Waals surface area (Å²) in [4.78, 5) is 13.8. The minimum Gasteiger partial charge on any atom is -0.462 e. The highest BCUT2D eigenvalue weighted by Crippen LogP contribution is 2.31. The van der Waals surface area contributed by atoms with Crippen molar-refractivity contribution in [1.29, 1.82) is 0 Å². The van der Waals surface area contributed by atoms with Crippen molar-refractivity contribution in [2.24, 2.45) is 0 Å². The smallest absolute Gasteiger partial charge is 0.341 e. The molecule has 38 heavy (non-hydrogen) atoms. The summed E-state index contributed by atoms with van der Waals surface area (Å²) in [5.74, 6) is -0.418. The summed E-state index contributed by atoms with van der Waals surface area (Å²) in [6.45, 7) is 3.93. The molecule has 0 bridgehead atoms. The van der Waals surface area contributed by atoms with Gasteiger partial charge < -0.3 is 15.4 Å². The molecule has 196 valence electrons. The minimum atomic E-state index is -3.70. The fourth-order valence-electron chi connectivity index (χ4n) is 3.60. The first kappa shape index (κ1) is 27.3. The van der Waals surface area contributed by atoms with E-state index in [-0.39, 0.29) is 16.6 Å². The predicted molar refractivity (Wildman–Crippen MR) is 158 cm³/mol. The van der Waals surface area contributed by atoms with Gasteiger partial charge in [0.2, 0.25) is 0 Å². The fraction of sp³-hybridized carbons (Fsp3) is 0.143. The van der Waals surface area contributed by atoms with Gasteiger partial charge >= 0.3 is 5.97 Å². The third kappa shape index (κ3) is 7.18. The number of carbonyl (C=O) groups is 1. The van der Waals surface area contributed by atoms with Crippen LogP contribution in [0.2, 0.25) is 0 Å². The SMILES string of the molecule is CCOC(=O)c1cc(Cc2ccccc2)sc1NC(=S)Nc1ccc(NS(=O)(=O)c2ccc(C)cc2)cc1. The maximum absolute atomic E-state index is 12.6. The molecule has 3 N–H and O–H groups in total. The van der Waals surface area contributed by atoms with Crippen LogP contribution in [0.1, 0.15) is 33.3 Å². The minimum absolute atomic E-state index is 0.190. The lowest BCUT2D eigenvalue weighted by molar-refractivity contribution is 0.0528. The number of esters is 1. The molecular weight excluding hydrogens is 539 g/mol. The summed E-state index contributed by atoms with van der Waals surface area (Å²) >= 11 is 6.92. The first-order chi connectivity index (χ1) is 18.2. The fourth-order valence-corrected chi connectivity index (χ4v) is 6.02. The molecular formula is C28H27N3O4S3. The average molecular weight is 566 g/mol. The van der Waals surface area contributed by atoms with E-state index in [2.05, 4.69) is 15.4 Å². The number of aryl methyl sites for hydroxylation is 1. The van der Waals surface area contributed by atoms with Crippen molar-refractivity contribution in [3.05, 3.63) is 106 Å². The van der Waals surface area contributed by atoms with Gasteiger partial charge in [-0.3, -0.25) is 4.72 Å². The number of thiophene rings is 1. The zero-order chi connectivity index (χ0) is 27.1. The molecule has 0 unspecified atom stereocenters. The van der Waals surface area contributed by atoms with Gasteiger partial charge in [0.25, 0.3) is 10.0 Å².